The third-order valence-corrected chi connectivity index (χ3v) is 11.9. The van der Waals surface area contributed by atoms with Crippen molar-refractivity contribution in [3.05, 3.63) is 70.3 Å². The van der Waals surface area contributed by atoms with E-state index in [-0.39, 0.29) is 29.1 Å². The molecule has 7 unspecified atom stereocenters. The predicted molar refractivity (Wildman–Crippen MR) is 177 cm³/mol. The minimum Gasteiger partial charge on any atom is -0.491 e. The summed E-state index contributed by atoms with van der Waals surface area (Å²) in [6.07, 6.45) is 10.7. The smallest absolute Gasteiger partial charge is 0.265 e. The molecule has 0 saturated heterocycles. The minimum absolute atomic E-state index is 0.0469. The second-order valence-corrected chi connectivity index (χ2v) is 14.9. The Morgan fingerprint density at radius 2 is 1.93 bits per heavy atom. The van der Waals surface area contributed by atoms with Crippen molar-refractivity contribution in [3.8, 4) is 5.75 Å². The molecule has 0 N–H and O–H groups in total. The lowest BCUT2D eigenvalue weighted by Gasteiger charge is -2.43. The third-order valence-electron chi connectivity index (χ3n) is 9.91. The molecule has 2 aliphatic heterocycles. The van der Waals surface area contributed by atoms with Crippen molar-refractivity contribution >= 4 is 34.2 Å². The number of rotatable bonds is 5. The zero-order valence-corrected chi connectivity index (χ0v) is 27.8. The first-order valence-electron chi connectivity index (χ1n) is 15.9. The van der Waals surface area contributed by atoms with Gasteiger partial charge in [0.2, 0.25) is 0 Å². The molecule has 1 amide bonds. The molecule has 3 aliphatic rings. The Labute approximate surface area is 265 Å². The second kappa shape index (κ2) is 14.2. The average molecular weight is 627 g/mol. The van der Waals surface area contributed by atoms with Crippen LogP contribution >= 0.6 is 11.6 Å². The van der Waals surface area contributed by atoms with Crippen LogP contribution in [0, 0.1) is 17.8 Å². The molecule has 2 bridgehead atoms. The van der Waals surface area contributed by atoms with E-state index in [9.17, 15) is 9.00 Å². The van der Waals surface area contributed by atoms with E-state index in [2.05, 4.69) is 43.0 Å². The average Bonchev–Trinajstić information content (AvgIpc) is 3.18. The maximum absolute atomic E-state index is 13.7. The summed E-state index contributed by atoms with van der Waals surface area (Å²) in [5, 5.41) is 0.591. The van der Waals surface area contributed by atoms with Crippen molar-refractivity contribution in [1.82, 2.24) is 4.31 Å². The molecule has 1 aliphatic carbocycles. The monoisotopic (exact) mass is 626 g/mol. The second-order valence-electron chi connectivity index (χ2n) is 12.7. The normalized spacial score (nSPS) is 30.6. The van der Waals surface area contributed by atoms with Gasteiger partial charge in [-0.1, -0.05) is 50.1 Å². The summed E-state index contributed by atoms with van der Waals surface area (Å²) in [6, 6.07) is 12.0. The number of benzene rings is 2. The number of unbranched alkanes of at least 4 members (excludes halogenated alkanes) is 1. The van der Waals surface area contributed by atoms with Crippen LogP contribution in [0.4, 0.5) is 5.69 Å². The molecule has 0 aromatic heterocycles. The maximum Gasteiger partial charge on any atom is 0.265 e. The van der Waals surface area contributed by atoms with Gasteiger partial charge in [-0.25, -0.2) is 4.21 Å². The number of ether oxygens (including phenoxy) is 2. The number of aryl methyl sites for hydroxylation is 1. The lowest BCUT2D eigenvalue weighted by atomic mass is 9.70. The number of carbonyl (C=O) groups excluding carboxylic acids is 1. The van der Waals surface area contributed by atoms with Crippen LogP contribution in [0.2, 0.25) is 5.02 Å². The van der Waals surface area contributed by atoms with Gasteiger partial charge in [-0.15, -0.1) is 0 Å². The van der Waals surface area contributed by atoms with Gasteiger partial charge in [0, 0.05) is 43.8 Å². The maximum atomic E-state index is 13.7. The molecule has 6 nitrogen and oxygen atoms in total. The molecule has 2 aromatic carbocycles. The Morgan fingerprint density at radius 1 is 1.12 bits per heavy atom. The Morgan fingerprint density at radius 3 is 2.65 bits per heavy atom. The molecule has 1 fully saturated rings. The van der Waals surface area contributed by atoms with Crippen LogP contribution in [0.25, 0.3) is 0 Å². The molecule has 5 rings (SSSR count). The quantitative estimate of drug-likeness (QED) is 0.323. The number of fused-ring (bicyclic) bond motifs is 2. The van der Waals surface area contributed by atoms with Gasteiger partial charge in [0.15, 0.2) is 0 Å². The van der Waals surface area contributed by atoms with E-state index in [1.54, 1.807) is 14.2 Å². The SMILES string of the molecule is CCCCc1cc(Cl)ccc1C1COc2ccc3cc2N(C1)CC1CCC1C(OC)/C=C/CC(C)C(C)S(=O)N(C)C3=O. The highest BCUT2D eigenvalue weighted by molar-refractivity contribution is 7.83. The van der Waals surface area contributed by atoms with Gasteiger partial charge in [0.25, 0.3) is 5.91 Å². The summed E-state index contributed by atoms with van der Waals surface area (Å²) in [5.74, 6) is 1.74. The van der Waals surface area contributed by atoms with Crippen LogP contribution in [-0.4, -0.2) is 59.6 Å². The van der Waals surface area contributed by atoms with Crippen molar-refractivity contribution < 1.29 is 18.5 Å². The minimum atomic E-state index is -1.46. The highest BCUT2D eigenvalue weighted by atomic mass is 35.5. The molecule has 0 radical (unpaired) electrons. The Kier molecular flexibility index (Phi) is 10.6. The number of halogens is 1. The molecule has 43 heavy (non-hydrogen) atoms. The van der Waals surface area contributed by atoms with Crippen molar-refractivity contribution in [1.29, 1.82) is 0 Å². The van der Waals surface area contributed by atoms with Gasteiger partial charge in [0.05, 0.1) is 23.6 Å². The lowest BCUT2D eigenvalue weighted by molar-refractivity contribution is 0.0134. The van der Waals surface area contributed by atoms with Crippen LogP contribution in [-0.2, 0) is 22.1 Å². The van der Waals surface area contributed by atoms with Gasteiger partial charge in [-0.05, 0) is 98.2 Å². The van der Waals surface area contributed by atoms with Gasteiger partial charge in [-0.2, -0.15) is 0 Å². The Hall–Kier alpha value is -2.35. The van der Waals surface area contributed by atoms with Gasteiger partial charge >= 0.3 is 0 Å². The number of hydrogen-bond donors (Lipinski definition) is 0. The zero-order chi connectivity index (χ0) is 30.7. The van der Waals surface area contributed by atoms with Crippen LogP contribution in [0.5, 0.6) is 5.75 Å². The Bertz CT molecular complexity index is 1350. The molecular formula is C35H47ClN2O4S. The number of amides is 1. The van der Waals surface area contributed by atoms with Crippen LogP contribution in [0.3, 0.4) is 0 Å². The van der Waals surface area contributed by atoms with E-state index < -0.39 is 11.0 Å². The first-order chi connectivity index (χ1) is 20.7. The molecule has 2 aromatic rings. The number of methoxy groups -OCH3 is 1. The summed E-state index contributed by atoms with van der Waals surface area (Å²) in [4.78, 5) is 16.1. The molecular weight excluding hydrogens is 580 g/mol. The van der Waals surface area contributed by atoms with Gasteiger partial charge in [0.1, 0.15) is 16.7 Å². The van der Waals surface area contributed by atoms with Crippen molar-refractivity contribution in [2.45, 2.75) is 76.6 Å². The molecule has 7 atom stereocenters. The molecule has 1 saturated carbocycles. The number of hydrogen-bond acceptors (Lipinski definition) is 5. The number of anilines is 1. The highest BCUT2D eigenvalue weighted by Gasteiger charge is 2.39. The van der Waals surface area contributed by atoms with E-state index in [0.29, 0.717) is 24.0 Å². The Balaban J connectivity index is 1.54. The molecule has 234 valence electrons. The molecule has 2 heterocycles. The van der Waals surface area contributed by atoms with Gasteiger partial charge in [-0.3, -0.25) is 9.10 Å². The fourth-order valence-corrected chi connectivity index (χ4v) is 8.28. The fraction of sp³-hybridized carbons (Fsp3) is 0.571. The number of carbonyl (C=O) groups is 1. The van der Waals surface area contributed by atoms with Crippen molar-refractivity contribution in [2.75, 3.05) is 38.8 Å². The molecule has 0 spiro atoms. The van der Waals surface area contributed by atoms with Crippen molar-refractivity contribution in [3.63, 3.8) is 0 Å². The first-order valence-corrected chi connectivity index (χ1v) is 17.4. The highest BCUT2D eigenvalue weighted by Crippen LogP contribution is 2.43. The predicted octanol–water partition coefficient (Wildman–Crippen LogP) is 7.43. The van der Waals surface area contributed by atoms with Crippen LogP contribution in [0.15, 0.2) is 48.6 Å². The largest absolute Gasteiger partial charge is 0.491 e. The van der Waals surface area contributed by atoms with Crippen molar-refractivity contribution in [2.24, 2.45) is 17.8 Å². The summed E-state index contributed by atoms with van der Waals surface area (Å²) in [5.41, 5.74) is 4.04. The summed E-state index contributed by atoms with van der Waals surface area (Å²) in [7, 11) is 1.99. The number of allylic oxidation sites excluding steroid dienone is 1. The van der Waals surface area contributed by atoms with E-state index in [4.69, 9.17) is 21.1 Å². The zero-order valence-electron chi connectivity index (χ0n) is 26.3. The van der Waals surface area contributed by atoms with Crippen LogP contribution < -0.4 is 9.64 Å². The topological polar surface area (TPSA) is 59.1 Å². The summed E-state index contributed by atoms with van der Waals surface area (Å²) >= 11 is 6.46. The lowest BCUT2D eigenvalue weighted by Crippen LogP contribution is -2.44. The van der Waals surface area contributed by atoms with E-state index in [1.807, 2.05) is 31.2 Å². The summed E-state index contributed by atoms with van der Waals surface area (Å²) < 4.78 is 27.4. The van der Waals surface area contributed by atoms with E-state index in [0.717, 1.165) is 68.1 Å². The fourth-order valence-electron chi connectivity index (χ4n) is 6.81. The van der Waals surface area contributed by atoms with Gasteiger partial charge < -0.3 is 14.4 Å². The summed E-state index contributed by atoms with van der Waals surface area (Å²) in [6.45, 7) is 8.47. The standard InChI is InChI=1S/C35H47ClN2O4S/c1-6-7-10-25-18-29(36)14-16-30(25)28-21-38-20-27-12-15-31(27)33(41-5)11-8-9-23(2)24(3)43(40)37(4)35(39)26-13-17-34(42-22-28)32(38)19-26/h8,11,13-14,16-19,23-24,27-28,31,33H,6-7,9-10,12,15,20-22H2,1-5H3/b11-8+. The van der Waals surface area contributed by atoms with E-state index in [1.165, 1.54) is 15.4 Å². The first kappa shape index (κ1) is 32.1. The third kappa shape index (κ3) is 6.99. The van der Waals surface area contributed by atoms with Crippen LogP contribution in [0.1, 0.15) is 80.3 Å². The number of nitrogens with zero attached hydrogens (tertiary/aromatic N) is 2. The van der Waals surface area contributed by atoms with E-state index >= 15 is 0 Å². The molecule has 8 heteroatoms.